The molecule has 0 nitrogen and oxygen atoms in total. The molecule has 24 heavy (non-hydrogen) atoms. The van der Waals surface area contributed by atoms with Crippen LogP contribution in [0.15, 0.2) is 0 Å². The van der Waals surface area contributed by atoms with Gasteiger partial charge in [-0.3, -0.25) is 0 Å². The molecule has 0 saturated heterocycles. The van der Waals surface area contributed by atoms with Gasteiger partial charge >= 0.3 is 0 Å². The molecular weight excluding hydrogens is 288 g/mol. The summed E-state index contributed by atoms with van der Waals surface area (Å²) in [5, 5.41) is 0. The number of hydrogen-bond acceptors (Lipinski definition) is 0. The second-order valence-electron chi connectivity index (χ2n) is 14.0. The van der Waals surface area contributed by atoms with Gasteiger partial charge in [0, 0.05) is 0 Å². The first-order chi connectivity index (χ1) is 11.8. The molecule has 19 atom stereocenters. The third-order valence-corrected chi connectivity index (χ3v) is 17.2. The fourth-order valence-corrected chi connectivity index (χ4v) is 19.3. The maximum atomic E-state index is 2.74. The lowest BCUT2D eigenvalue weighted by atomic mass is 8.73. The topological polar surface area (TPSA) is 0 Å². The lowest BCUT2D eigenvalue weighted by Crippen LogP contribution is -3.28. The summed E-state index contributed by atoms with van der Waals surface area (Å²) in [5.74, 6) is 17.0. The predicted octanol–water partition coefficient (Wildman–Crippen LogP) is 3.67. The highest BCUT2D eigenvalue weighted by atomic mass is 15.3. The summed E-state index contributed by atoms with van der Waals surface area (Å²) in [4.78, 5) is 0. The van der Waals surface area contributed by atoms with Crippen molar-refractivity contribution in [3.63, 3.8) is 0 Å². The van der Waals surface area contributed by atoms with E-state index in [4.69, 9.17) is 0 Å². The maximum Gasteiger partial charge on any atom is -0.00933 e. The number of fused-ring (bicyclic) bond motifs is 9. The van der Waals surface area contributed by atoms with Crippen LogP contribution in [0, 0.1) is 109 Å². The minimum absolute atomic E-state index is 0.982. The van der Waals surface area contributed by atoms with Gasteiger partial charge in [0.1, 0.15) is 0 Å². The van der Waals surface area contributed by atoms with Crippen molar-refractivity contribution in [3.8, 4) is 0 Å². The average Bonchev–Trinajstić information content (AvgIpc) is 2.45. The minimum atomic E-state index is 0.982. The molecule has 13 rings (SSSR count). The lowest BCUT2D eigenvalue weighted by Gasteiger charge is -3.30. The molecule has 13 aliphatic carbocycles. The molecule has 0 aromatic heterocycles. The Morgan fingerprint density at radius 3 is 1.88 bits per heavy atom. The minimum Gasteiger partial charge on any atom is -0.0616 e. The van der Waals surface area contributed by atoms with Gasteiger partial charge in [0.2, 0.25) is 0 Å². The van der Waals surface area contributed by atoms with Gasteiger partial charge in [0.25, 0.3) is 0 Å². The van der Waals surface area contributed by atoms with Crippen molar-refractivity contribution in [1.82, 2.24) is 0 Å². The van der Waals surface area contributed by atoms with Crippen LogP contribution in [0.25, 0.3) is 0 Å². The Bertz CT molecular complexity index is 878. The molecule has 0 radical (unpaired) electrons. The van der Waals surface area contributed by atoms with Crippen LogP contribution >= 0.6 is 0 Å². The van der Waals surface area contributed by atoms with Crippen molar-refractivity contribution in [2.75, 3.05) is 0 Å². The van der Waals surface area contributed by atoms with Gasteiger partial charge in [0.05, 0.1) is 0 Å². The van der Waals surface area contributed by atoms with E-state index in [-0.39, 0.29) is 0 Å². The van der Waals surface area contributed by atoms with Gasteiger partial charge < -0.3 is 0 Å². The van der Waals surface area contributed by atoms with Crippen molar-refractivity contribution in [3.05, 3.63) is 0 Å². The summed E-state index contributed by atoms with van der Waals surface area (Å²) in [7, 11) is 0. The zero-order chi connectivity index (χ0) is 14.3. The van der Waals surface area contributed by atoms with Gasteiger partial charge in [-0.05, 0) is 135 Å². The summed E-state index contributed by atoms with van der Waals surface area (Å²) in [6, 6.07) is 0. The van der Waals surface area contributed by atoms with Crippen LogP contribution in [0.4, 0.5) is 0 Å². The highest BCUT2D eigenvalue weighted by Crippen LogP contribution is 3.30. The molecule has 13 aliphatic rings. The number of hydrogen-bond donors (Lipinski definition) is 0. The Hall–Kier alpha value is 0. The Morgan fingerprint density at radius 1 is 0.625 bits per heavy atom. The first-order valence-electron chi connectivity index (χ1n) is 11.8. The van der Waals surface area contributed by atoms with Crippen molar-refractivity contribution < 1.29 is 0 Å². The molecule has 0 bridgehead atoms. The van der Waals surface area contributed by atoms with Crippen molar-refractivity contribution in [2.24, 2.45) is 109 Å². The quantitative estimate of drug-likeness (QED) is 0.640. The van der Waals surface area contributed by atoms with E-state index in [1.807, 2.05) is 0 Å². The zero-order valence-corrected chi connectivity index (χ0v) is 14.3. The van der Waals surface area contributed by atoms with Crippen molar-refractivity contribution in [2.45, 2.75) is 32.6 Å². The van der Waals surface area contributed by atoms with Crippen molar-refractivity contribution in [1.29, 1.82) is 0 Å². The maximum absolute atomic E-state index is 2.74. The Kier molecular flexibility index (Phi) is 0.728. The third-order valence-electron chi connectivity index (χ3n) is 17.2. The van der Waals surface area contributed by atoms with Gasteiger partial charge in [-0.25, -0.2) is 0 Å². The Morgan fingerprint density at radius 2 is 1.25 bits per heavy atom. The highest BCUT2D eigenvalue weighted by molar-refractivity contribution is 5.73. The summed E-state index contributed by atoms with van der Waals surface area (Å²) in [6.07, 6.45) is 6.80. The van der Waals surface area contributed by atoms with E-state index in [0.717, 1.165) is 32.5 Å². The molecule has 19 unspecified atom stereocenters. The normalized spacial score (nSPS) is 111. The fourth-order valence-electron chi connectivity index (χ4n) is 19.3. The first-order valence-corrected chi connectivity index (χ1v) is 11.8. The molecule has 0 N–H and O–H groups in total. The molecule has 0 aliphatic heterocycles. The molecule has 0 amide bonds. The molecule has 13 fully saturated rings. The van der Waals surface area contributed by atoms with Gasteiger partial charge in [-0.15, -0.1) is 0 Å². The van der Waals surface area contributed by atoms with Crippen LogP contribution in [0.3, 0.4) is 0 Å². The molecule has 0 heteroatoms. The first kappa shape index (κ1) is 9.80. The smallest absolute Gasteiger partial charge is 0.00933 e. The standard InChI is InChI=1S/C24H24/c1-6-11-15-17-13-9-4-7-5-10-14-18-16-12-8-2-3-19(6,8)21(11,12)23(15,16)24(17,18)22(13,14)20(7,9)10/h6-18H,2-5H2,1H3. The van der Waals surface area contributed by atoms with Crippen LogP contribution in [-0.2, 0) is 0 Å². The van der Waals surface area contributed by atoms with E-state index in [1.165, 1.54) is 76.9 Å². The fraction of sp³-hybridized carbons (Fsp3) is 1.00. The van der Waals surface area contributed by atoms with E-state index in [0.29, 0.717) is 0 Å². The summed E-state index contributed by atoms with van der Waals surface area (Å²) in [5.41, 5.74) is 6.33. The van der Waals surface area contributed by atoms with Crippen LogP contribution in [0.2, 0.25) is 0 Å². The summed E-state index contributed by atoms with van der Waals surface area (Å²) < 4.78 is 0. The molecule has 0 aromatic carbocycles. The third kappa shape index (κ3) is 0.310. The molecule has 6 spiro atoms. The predicted molar refractivity (Wildman–Crippen MR) is 84.1 cm³/mol. The average molecular weight is 312 g/mol. The monoisotopic (exact) mass is 312 g/mol. The lowest BCUT2D eigenvalue weighted by molar-refractivity contribution is -0.846. The van der Waals surface area contributed by atoms with Gasteiger partial charge in [-0.2, -0.15) is 0 Å². The van der Waals surface area contributed by atoms with E-state index in [1.54, 1.807) is 25.7 Å². The van der Waals surface area contributed by atoms with Crippen molar-refractivity contribution >= 4 is 0 Å². The van der Waals surface area contributed by atoms with E-state index in [9.17, 15) is 0 Å². The van der Waals surface area contributed by atoms with E-state index in [2.05, 4.69) is 6.92 Å². The largest absolute Gasteiger partial charge is 0.0616 e. The summed E-state index contributed by atoms with van der Waals surface area (Å²) >= 11 is 0. The molecule has 0 heterocycles. The van der Waals surface area contributed by atoms with Gasteiger partial charge in [0.15, 0.2) is 0 Å². The second kappa shape index (κ2) is 1.78. The van der Waals surface area contributed by atoms with Crippen LogP contribution in [-0.4, -0.2) is 0 Å². The molecule has 13 saturated carbocycles. The van der Waals surface area contributed by atoms with Crippen LogP contribution in [0.5, 0.6) is 0 Å². The number of rotatable bonds is 0. The zero-order valence-electron chi connectivity index (χ0n) is 14.3. The van der Waals surface area contributed by atoms with Crippen LogP contribution in [0.1, 0.15) is 32.6 Å². The van der Waals surface area contributed by atoms with E-state index >= 15 is 0 Å². The van der Waals surface area contributed by atoms with Crippen LogP contribution < -0.4 is 0 Å². The summed E-state index contributed by atoms with van der Waals surface area (Å²) in [6.45, 7) is 2.74. The van der Waals surface area contributed by atoms with E-state index < -0.39 is 0 Å². The molecule has 0 aromatic rings. The Balaban J connectivity index is 1.16. The second-order valence-corrected chi connectivity index (χ2v) is 14.0. The highest BCUT2D eigenvalue weighted by Gasteiger charge is 3.28. The Labute approximate surface area is 142 Å². The van der Waals surface area contributed by atoms with Gasteiger partial charge in [-0.1, -0.05) is 6.92 Å². The molecule has 120 valence electrons. The SMILES string of the molecule is CC1C2C3C4C5C6CC7CC8C9C%10C%11C%12C%13CCC1%13C2%12C3%11C4%10C59C768. The molecular formula is C24H24.